The number of halogens is 2. The van der Waals surface area contributed by atoms with Crippen molar-refractivity contribution in [3.63, 3.8) is 0 Å². The Morgan fingerprint density at radius 3 is 2.56 bits per heavy atom. The van der Waals surface area contributed by atoms with Gasteiger partial charge in [-0.25, -0.2) is 12.7 Å². The standard InChI is InChI=1S/C9H10BrClN2O4S/c1-12(5-4-10)18(16,17)9-3-2-7(13(14)15)6-8(9)11/h2-3,6H,4-5H2,1H3. The van der Waals surface area contributed by atoms with E-state index in [4.69, 9.17) is 11.6 Å². The fourth-order valence-electron chi connectivity index (χ4n) is 1.22. The van der Waals surface area contributed by atoms with Gasteiger partial charge >= 0.3 is 0 Å². The molecule has 1 aromatic rings. The Balaban J connectivity index is 3.22. The minimum absolute atomic E-state index is 0.141. The fraction of sp³-hybridized carbons (Fsp3) is 0.333. The molecule has 1 aromatic carbocycles. The highest BCUT2D eigenvalue weighted by Crippen LogP contribution is 2.27. The van der Waals surface area contributed by atoms with E-state index in [1.807, 2.05) is 0 Å². The van der Waals surface area contributed by atoms with Gasteiger partial charge in [0.1, 0.15) is 4.90 Å². The molecule has 0 aliphatic carbocycles. The Labute approximate surface area is 118 Å². The number of sulfonamides is 1. The molecule has 0 radical (unpaired) electrons. The van der Waals surface area contributed by atoms with Crippen molar-refractivity contribution in [2.45, 2.75) is 4.90 Å². The number of nitrogens with zero attached hydrogens (tertiary/aromatic N) is 2. The molecule has 1 rings (SSSR count). The minimum atomic E-state index is -3.73. The summed E-state index contributed by atoms with van der Waals surface area (Å²) in [4.78, 5) is 9.76. The van der Waals surface area contributed by atoms with Crippen LogP contribution in [0.1, 0.15) is 0 Å². The van der Waals surface area contributed by atoms with Crippen molar-refractivity contribution in [3.8, 4) is 0 Å². The van der Waals surface area contributed by atoms with Crippen LogP contribution in [-0.2, 0) is 10.0 Å². The Bertz CT molecular complexity index is 564. The Hall–Kier alpha value is -0.700. The fourth-order valence-corrected chi connectivity index (χ4v) is 3.67. The van der Waals surface area contributed by atoms with E-state index in [2.05, 4.69) is 15.9 Å². The van der Waals surface area contributed by atoms with E-state index in [1.54, 1.807) is 0 Å². The van der Waals surface area contributed by atoms with Crippen molar-refractivity contribution < 1.29 is 13.3 Å². The lowest BCUT2D eigenvalue weighted by Gasteiger charge is -2.16. The molecule has 0 saturated carbocycles. The predicted octanol–water partition coefficient (Wildman–Crippen LogP) is 2.26. The summed E-state index contributed by atoms with van der Waals surface area (Å²) in [5, 5.41) is 10.8. The van der Waals surface area contributed by atoms with E-state index in [9.17, 15) is 18.5 Å². The van der Waals surface area contributed by atoms with Crippen LogP contribution < -0.4 is 0 Å². The lowest BCUT2D eigenvalue weighted by atomic mass is 10.3. The number of hydrogen-bond acceptors (Lipinski definition) is 4. The summed E-state index contributed by atoms with van der Waals surface area (Å²) < 4.78 is 25.3. The second-order valence-corrected chi connectivity index (χ2v) is 6.60. The maximum Gasteiger partial charge on any atom is 0.271 e. The highest BCUT2D eigenvalue weighted by Gasteiger charge is 2.24. The van der Waals surface area contributed by atoms with Gasteiger partial charge in [0.2, 0.25) is 10.0 Å². The summed E-state index contributed by atoms with van der Waals surface area (Å²) in [5.74, 6) is 0. The summed E-state index contributed by atoms with van der Waals surface area (Å²) in [6.45, 7) is 0.273. The number of alkyl halides is 1. The van der Waals surface area contributed by atoms with Crippen LogP contribution in [-0.4, -0.2) is 36.6 Å². The first-order valence-corrected chi connectivity index (χ1v) is 7.71. The van der Waals surface area contributed by atoms with E-state index in [1.165, 1.54) is 7.05 Å². The van der Waals surface area contributed by atoms with Crippen molar-refractivity contribution in [2.24, 2.45) is 0 Å². The van der Waals surface area contributed by atoms with E-state index in [-0.39, 0.29) is 22.2 Å². The number of nitro benzene ring substituents is 1. The van der Waals surface area contributed by atoms with Gasteiger partial charge in [-0.1, -0.05) is 27.5 Å². The van der Waals surface area contributed by atoms with E-state index < -0.39 is 14.9 Å². The van der Waals surface area contributed by atoms with Gasteiger partial charge in [-0.15, -0.1) is 0 Å². The number of hydrogen-bond donors (Lipinski definition) is 0. The van der Waals surface area contributed by atoms with E-state index in [0.29, 0.717) is 5.33 Å². The molecule has 6 nitrogen and oxygen atoms in total. The van der Waals surface area contributed by atoms with Crippen molar-refractivity contribution in [1.29, 1.82) is 0 Å². The molecule has 0 bridgehead atoms. The molecule has 0 unspecified atom stereocenters. The van der Waals surface area contributed by atoms with Gasteiger partial charge in [-0.2, -0.15) is 0 Å². The van der Waals surface area contributed by atoms with Gasteiger partial charge in [-0.05, 0) is 6.07 Å². The minimum Gasteiger partial charge on any atom is -0.258 e. The van der Waals surface area contributed by atoms with Crippen molar-refractivity contribution in [3.05, 3.63) is 33.3 Å². The van der Waals surface area contributed by atoms with Crippen LogP contribution in [0.2, 0.25) is 5.02 Å². The zero-order chi connectivity index (χ0) is 13.9. The second kappa shape index (κ2) is 5.96. The summed E-state index contributed by atoms with van der Waals surface area (Å²) in [6, 6.07) is 3.28. The molecule has 0 saturated heterocycles. The number of non-ortho nitro benzene ring substituents is 1. The van der Waals surface area contributed by atoms with Crippen LogP contribution >= 0.6 is 27.5 Å². The molecule has 9 heteroatoms. The number of nitro groups is 1. The van der Waals surface area contributed by atoms with Gasteiger partial charge in [0, 0.05) is 31.1 Å². The van der Waals surface area contributed by atoms with Gasteiger partial charge in [-0.3, -0.25) is 10.1 Å². The number of rotatable bonds is 5. The highest BCUT2D eigenvalue weighted by atomic mass is 79.9. The third-order valence-corrected chi connectivity index (χ3v) is 4.91. The zero-order valence-electron chi connectivity index (χ0n) is 9.34. The maximum atomic E-state index is 12.1. The summed E-state index contributed by atoms with van der Waals surface area (Å²) >= 11 is 8.92. The molecule has 0 fully saturated rings. The largest absolute Gasteiger partial charge is 0.271 e. The molecule has 0 atom stereocenters. The average Bonchev–Trinajstić information content (AvgIpc) is 2.28. The third-order valence-electron chi connectivity index (χ3n) is 2.21. The van der Waals surface area contributed by atoms with Gasteiger partial charge in [0.25, 0.3) is 5.69 Å². The van der Waals surface area contributed by atoms with Crippen LogP contribution in [0.4, 0.5) is 5.69 Å². The van der Waals surface area contributed by atoms with Crippen LogP contribution in [0.15, 0.2) is 23.1 Å². The smallest absolute Gasteiger partial charge is 0.258 e. The summed E-state index contributed by atoms with van der Waals surface area (Å²) in [7, 11) is -2.31. The molecular formula is C9H10BrClN2O4S. The molecule has 0 amide bonds. The Kier molecular flexibility index (Phi) is 5.09. The third kappa shape index (κ3) is 3.19. The predicted molar refractivity (Wildman–Crippen MR) is 71.7 cm³/mol. The lowest BCUT2D eigenvalue weighted by molar-refractivity contribution is -0.384. The first-order chi connectivity index (χ1) is 8.30. The second-order valence-electron chi connectivity index (χ2n) is 3.39. The van der Waals surface area contributed by atoms with Crippen LogP contribution in [0.5, 0.6) is 0 Å². The Morgan fingerprint density at radius 1 is 1.50 bits per heavy atom. The van der Waals surface area contributed by atoms with Crippen LogP contribution in [0.25, 0.3) is 0 Å². The molecule has 0 aliphatic heterocycles. The summed E-state index contributed by atoms with van der Waals surface area (Å²) in [6.07, 6.45) is 0. The highest BCUT2D eigenvalue weighted by molar-refractivity contribution is 9.09. The van der Waals surface area contributed by atoms with Gasteiger partial charge in [0.05, 0.1) is 9.95 Å². The SMILES string of the molecule is CN(CCBr)S(=O)(=O)c1ccc([N+](=O)[O-])cc1Cl. The van der Waals surface area contributed by atoms with E-state index >= 15 is 0 Å². The number of benzene rings is 1. The monoisotopic (exact) mass is 356 g/mol. The van der Waals surface area contributed by atoms with Crippen molar-refractivity contribution in [2.75, 3.05) is 18.9 Å². The van der Waals surface area contributed by atoms with Crippen molar-refractivity contribution >= 4 is 43.2 Å². The maximum absolute atomic E-state index is 12.1. The first-order valence-electron chi connectivity index (χ1n) is 4.77. The van der Waals surface area contributed by atoms with E-state index in [0.717, 1.165) is 22.5 Å². The molecule has 100 valence electrons. The molecule has 0 aromatic heterocycles. The van der Waals surface area contributed by atoms with Gasteiger partial charge < -0.3 is 0 Å². The quantitative estimate of drug-likeness (QED) is 0.460. The first kappa shape index (κ1) is 15.4. The molecule has 0 heterocycles. The molecule has 0 aliphatic rings. The topological polar surface area (TPSA) is 80.5 Å². The zero-order valence-corrected chi connectivity index (χ0v) is 12.5. The Morgan fingerprint density at radius 2 is 2.11 bits per heavy atom. The molecular weight excluding hydrogens is 348 g/mol. The average molecular weight is 358 g/mol. The summed E-state index contributed by atoms with van der Waals surface area (Å²) in [5.41, 5.74) is -0.248. The lowest BCUT2D eigenvalue weighted by Crippen LogP contribution is -2.28. The normalized spacial score (nSPS) is 11.8. The molecule has 18 heavy (non-hydrogen) atoms. The van der Waals surface area contributed by atoms with Gasteiger partial charge in [0.15, 0.2) is 0 Å². The molecule has 0 spiro atoms. The molecule has 0 N–H and O–H groups in total. The van der Waals surface area contributed by atoms with Crippen molar-refractivity contribution in [1.82, 2.24) is 4.31 Å². The van der Waals surface area contributed by atoms with Crippen LogP contribution in [0.3, 0.4) is 0 Å². The van der Waals surface area contributed by atoms with Crippen LogP contribution in [0, 0.1) is 10.1 Å².